The molecule has 3 rings (SSSR count). The number of pyridine rings is 1. The fourth-order valence-corrected chi connectivity index (χ4v) is 2.58. The number of aromatic nitrogens is 1. The largest absolute Gasteiger partial charge is 0.494 e. The zero-order valence-corrected chi connectivity index (χ0v) is 10.9. The molecule has 1 amide bonds. The Bertz CT molecular complexity index is 619. The molecule has 1 aliphatic rings. The van der Waals surface area contributed by atoms with Gasteiger partial charge in [-0.15, -0.1) is 0 Å². The van der Waals surface area contributed by atoms with E-state index in [0.717, 1.165) is 36.8 Å². The molecule has 1 fully saturated rings. The van der Waals surface area contributed by atoms with Crippen LogP contribution in [0.5, 0.6) is 5.75 Å². The molecule has 1 aliphatic heterocycles. The average Bonchev–Trinajstić information content (AvgIpc) is 2.99. The number of fused-ring (bicyclic) bond motifs is 1. The Labute approximate surface area is 112 Å². The Kier molecular flexibility index (Phi) is 3.07. The smallest absolute Gasteiger partial charge is 0.258 e. The fraction of sp³-hybridized carbons (Fsp3) is 0.333. The van der Waals surface area contributed by atoms with E-state index in [1.54, 1.807) is 13.3 Å². The molecule has 0 unspecified atom stereocenters. The van der Waals surface area contributed by atoms with E-state index in [1.807, 2.05) is 29.2 Å². The van der Waals surface area contributed by atoms with Crippen molar-refractivity contribution in [2.75, 3.05) is 20.2 Å². The summed E-state index contributed by atoms with van der Waals surface area (Å²) in [7, 11) is 1.58. The van der Waals surface area contributed by atoms with Crippen molar-refractivity contribution in [3.63, 3.8) is 0 Å². The van der Waals surface area contributed by atoms with Crippen LogP contribution >= 0.6 is 0 Å². The van der Waals surface area contributed by atoms with Crippen LogP contribution in [0, 0.1) is 0 Å². The lowest BCUT2D eigenvalue weighted by Crippen LogP contribution is -2.28. The number of rotatable bonds is 2. The third-order valence-corrected chi connectivity index (χ3v) is 3.57. The maximum atomic E-state index is 12.7. The number of carbonyl (C=O) groups excluding carboxylic acids is 1. The van der Waals surface area contributed by atoms with E-state index in [4.69, 9.17) is 4.74 Å². The number of likely N-dealkylation sites (tertiary alicyclic amines) is 1. The van der Waals surface area contributed by atoms with Crippen molar-refractivity contribution in [1.82, 2.24) is 9.88 Å². The highest BCUT2D eigenvalue weighted by molar-refractivity contribution is 6.08. The number of nitrogens with zero attached hydrogens (tertiary/aromatic N) is 2. The minimum absolute atomic E-state index is 0.0490. The van der Waals surface area contributed by atoms with E-state index >= 15 is 0 Å². The van der Waals surface area contributed by atoms with Crippen LogP contribution in [0.4, 0.5) is 0 Å². The summed E-state index contributed by atoms with van der Waals surface area (Å²) >= 11 is 0. The molecule has 0 spiro atoms. The molecule has 0 N–H and O–H groups in total. The number of hydrogen-bond donors (Lipinski definition) is 0. The van der Waals surface area contributed by atoms with Crippen molar-refractivity contribution in [3.8, 4) is 5.75 Å². The van der Waals surface area contributed by atoms with E-state index < -0.39 is 0 Å². The molecule has 1 saturated heterocycles. The molecule has 0 atom stereocenters. The quantitative estimate of drug-likeness (QED) is 0.829. The first-order valence-corrected chi connectivity index (χ1v) is 6.52. The van der Waals surface area contributed by atoms with Gasteiger partial charge < -0.3 is 9.64 Å². The van der Waals surface area contributed by atoms with Gasteiger partial charge in [-0.1, -0.05) is 18.2 Å². The molecule has 4 nitrogen and oxygen atoms in total. The van der Waals surface area contributed by atoms with Gasteiger partial charge in [0.2, 0.25) is 0 Å². The standard InChI is InChI=1S/C15H16N2O2/c1-19-13-10-16-12-7-3-2-6-11(12)14(13)15(18)17-8-4-5-9-17/h2-3,6-7,10H,4-5,8-9H2,1H3. The summed E-state index contributed by atoms with van der Waals surface area (Å²) in [6.07, 6.45) is 3.79. The van der Waals surface area contributed by atoms with Crippen molar-refractivity contribution in [2.45, 2.75) is 12.8 Å². The highest BCUT2D eigenvalue weighted by Gasteiger charge is 2.24. The molecule has 2 heterocycles. The van der Waals surface area contributed by atoms with Crippen molar-refractivity contribution in [1.29, 1.82) is 0 Å². The lowest BCUT2D eigenvalue weighted by Gasteiger charge is -2.18. The number of para-hydroxylation sites is 1. The van der Waals surface area contributed by atoms with Gasteiger partial charge in [0.15, 0.2) is 5.75 Å². The molecule has 0 bridgehead atoms. The highest BCUT2D eigenvalue weighted by atomic mass is 16.5. The lowest BCUT2D eigenvalue weighted by atomic mass is 10.1. The highest BCUT2D eigenvalue weighted by Crippen LogP contribution is 2.28. The van der Waals surface area contributed by atoms with Gasteiger partial charge in [-0.2, -0.15) is 0 Å². The molecule has 4 heteroatoms. The van der Waals surface area contributed by atoms with Crippen LogP contribution in [0.15, 0.2) is 30.5 Å². The van der Waals surface area contributed by atoms with Crippen molar-refractivity contribution in [3.05, 3.63) is 36.0 Å². The van der Waals surface area contributed by atoms with Gasteiger partial charge in [0, 0.05) is 18.5 Å². The van der Waals surface area contributed by atoms with Crippen LogP contribution < -0.4 is 4.74 Å². The monoisotopic (exact) mass is 256 g/mol. The zero-order valence-electron chi connectivity index (χ0n) is 10.9. The molecule has 19 heavy (non-hydrogen) atoms. The Morgan fingerprint density at radius 3 is 2.74 bits per heavy atom. The van der Waals surface area contributed by atoms with Crippen LogP contribution in [-0.4, -0.2) is 36.0 Å². The Hall–Kier alpha value is -2.10. The zero-order chi connectivity index (χ0) is 13.2. The molecule has 98 valence electrons. The summed E-state index contributed by atoms with van der Waals surface area (Å²) in [6.45, 7) is 1.66. The number of hydrogen-bond acceptors (Lipinski definition) is 3. The van der Waals surface area contributed by atoms with Crippen LogP contribution in [-0.2, 0) is 0 Å². The molecular weight excluding hydrogens is 240 g/mol. The van der Waals surface area contributed by atoms with E-state index in [0.29, 0.717) is 11.3 Å². The number of carbonyl (C=O) groups is 1. The van der Waals surface area contributed by atoms with Crippen molar-refractivity contribution < 1.29 is 9.53 Å². The van der Waals surface area contributed by atoms with Crippen LogP contribution in [0.2, 0.25) is 0 Å². The van der Waals surface area contributed by atoms with E-state index in [-0.39, 0.29) is 5.91 Å². The van der Waals surface area contributed by atoms with E-state index in [2.05, 4.69) is 4.98 Å². The van der Waals surface area contributed by atoms with Gasteiger partial charge in [-0.3, -0.25) is 9.78 Å². The third kappa shape index (κ3) is 2.03. The van der Waals surface area contributed by atoms with Gasteiger partial charge in [-0.25, -0.2) is 0 Å². The van der Waals surface area contributed by atoms with Crippen LogP contribution in [0.25, 0.3) is 10.9 Å². The summed E-state index contributed by atoms with van der Waals surface area (Å²) in [5.41, 5.74) is 1.46. The predicted molar refractivity (Wildman–Crippen MR) is 73.4 cm³/mol. The molecular formula is C15H16N2O2. The molecule has 2 aromatic rings. The first-order chi connectivity index (χ1) is 9.31. The second-order valence-corrected chi connectivity index (χ2v) is 4.72. The van der Waals surface area contributed by atoms with Crippen molar-refractivity contribution >= 4 is 16.8 Å². The number of amides is 1. The summed E-state index contributed by atoms with van der Waals surface area (Å²) < 4.78 is 5.32. The molecule has 0 radical (unpaired) electrons. The number of benzene rings is 1. The van der Waals surface area contributed by atoms with Gasteiger partial charge in [0.25, 0.3) is 5.91 Å². The van der Waals surface area contributed by atoms with Gasteiger partial charge in [-0.05, 0) is 18.9 Å². The molecule has 0 saturated carbocycles. The summed E-state index contributed by atoms with van der Waals surface area (Å²) in [6, 6.07) is 7.68. The maximum absolute atomic E-state index is 12.7. The number of ether oxygens (including phenoxy) is 1. The van der Waals surface area contributed by atoms with Gasteiger partial charge in [0.05, 0.1) is 24.4 Å². The summed E-state index contributed by atoms with van der Waals surface area (Å²) in [4.78, 5) is 18.9. The maximum Gasteiger partial charge on any atom is 0.258 e. The minimum Gasteiger partial charge on any atom is -0.494 e. The minimum atomic E-state index is 0.0490. The van der Waals surface area contributed by atoms with Crippen LogP contribution in [0.1, 0.15) is 23.2 Å². The second kappa shape index (κ2) is 4.88. The first kappa shape index (κ1) is 12.0. The fourth-order valence-electron chi connectivity index (χ4n) is 2.58. The molecule has 1 aromatic carbocycles. The molecule has 0 aliphatic carbocycles. The van der Waals surface area contributed by atoms with Crippen molar-refractivity contribution in [2.24, 2.45) is 0 Å². The van der Waals surface area contributed by atoms with E-state index in [1.165, 1.54) is 0 Å². The Morgan fingerprint density at radius 1 is 1.26 bits per heavy atom. The average molecular weight is 256 g/mol. The SMILES string of the molecule is COc1cnc2ccccc2c1C(=O)N1CCCC1. The van der Waals surface area contributed by atoms with Gasteiger partial charge >= 0.3 is 0 Å². The second-order valence-electron chi connectivity index (χ2n) is 4.72. The first-order valence-electron chi connectivity index (χ1n) is 6.52. The molecule has 1 aromatic heterocycles. The van der Waals surface area contributed by atoms with Gasteiger partial charge in [0.1, 0.15) is 0 Å². The lowest BCUT2D eigenvalue weighted by molar-refractivity contribution is 0.0791. The summed E-state index contributed by atoms with van der Waals surface area (Å²) in [5, 5.41) is 0.860. The third-order valence-electron chi connectivity index (χ3n) is 3.57. The topological polar surface area (TPSA) is 42.4 Å². The Morgan fingerprint density at radius 2 is 2.00 bits per heavy atom. The normalized spacial score (nSPS) is 14.9. The van der Waals surface area contributed by atoms with Crippen LogP contribution in [0.3, 0.4) is 0 Å². The number of methoxy groups -OCH3 is 1. The Balaban J connectivity index is 2.16. The summed E-state index contributed by atoms with van der Waals surface area (Å²) in [5.74, 6) is 0.601. The predicted octanol–water partition coefficient (Wildman–Crippen LogP) is 2.48. The van der Waals surface area contributed by atoms with E-state index in [9.17, 15) is 4.79 Å².